The Labute approximate surface area is 203 Å². The van der Waals surface area contributed by atoms with E-state index in [1.54, 1.807) is 13.8 Å². The van der Waals surface area contributed by atoms with E-state index in [0.29, 0.717) is 0 Å². The number of sulfone groups is 1. The van der Waals surface area contributed by atoms with Crippen LogP contribution in [0.5, 0.6) is 5.75 Å². The van der Waals surface area contributed by atoms with Crippen LogP contribution in [0.2, 0.25) is 0 Å². The van der Waals surface area contributed by atoms with Gasteiger partial charge in [0.25, 0.3) is 5.92 Å². The number of hydroxylamine groups is 2. The van der Waals surface area contributed by atoms with Crippen molar-refractivity contribution in [3.05, 3.63) is 59.7 Å². The van der Waals surface area contributed by atoms with Crippen molar-refractivity contribution in [3.8, 4) is 5.75 Å². The van der Waals surface area contributed by atoms with Gasteiger partial charge in [-0.1, -0.05) is 12.1 Å². The second-order valence-corrected chi connectivity index (χ2v) is 10.4. The molecule has 2 atom stereocenters. The van der Waals surface area contributed by atoms with Gasteiger partial charge in [-0.3, -0.25) is 10.0 Å². The summed E-state index contributed by atoms with van der Waals surface area (Å²) < 4.78 is 107. The number of hydrogen-bond acceptors (Lipinski definition) is 7. The van der Waals surface area contributed by atoms with E-state index in [1.165, 1.54) is 0 Å². The predicted octanol–water partition coefficient (Wildman–Crippen LogP) is 3.87. The lowest BCUT2D eigenvalue weighted by Crippen LogP contribution is -2.47. The van der Waals surface area contributed by atoms with Gasteiger partial charge in [0, 0.05) is 11.1 Å². The van der Waals surface area contributed by atoms with Crippen molar-refractivity contribution in [3.63, 3.8) is 0 Å². The molecular formula is C22H22F5NO7S. The average molecular weight is 539 g/mol. The highest BCUT2D eigenvalue weighted by Crippen LogP contribution is 2.37. The number of amides is 1. The van der Waals surface area contributed by atoms with Crippen LogP contribution < -0.4 is 4.74 Å². The van der Waals surface area contributed by atoms with Gasteiger partial charge in [-0.15, -0.1) is 13.2 Å². The maximum atomic E-state index is 14.9. The molecule has 0 aromatic heterocycles. The molecule has 1 aliphatic rings. The lowest BCUT2D eigenvalue weighted by molar-refractivity contribution is -0.274. The standard InChI is InChI=1S/C22H22F5NO7S/c1-20(2)33-11-19(35-20)18(28(30)13-29)12-36(31,32)17-9-5-15(6-10-17)21(23,24)14-3-7-16(8-4-14)34-22(25,26)27/h3-10,13,18-19,30H,11-12H2,1-2H3/t18-,19-/m1/s1. The summed E-state index contributed by atoms with van der Waals surface area (Å²) in [6.07, 6.45) is -5.93. The van der Waals surface area contributed by atoms with E-state index < -0.39 is 62.7 Å². The van der Waals surface area contributed by atoms with Gasteiger partial charge in [0.05, 0.1) is 17.3 Å². The number of carbonyl (C=O) groups excluding carboxylic acids is 1. The first-order valence-corrected chi connectivity index (χ1v) is 12.0. The van der Waals surface area contributed by atoms with Crippen LogP contribution in [0.3, 0.4) is 0 Å². The fraction of sp³-hybridized carbons (Fsp3) is 0.409. The fourth-order valence-electron chi connectivity index (χ4n) is 3.56. The van der Waals surface area contributed by atoms with Crippen molar-refractivity contribution in [1.29, 1.82) is 0 Å². The molecule has 1 N–H and O–H groups in total. The normalized spacial score (nSPS) is 19.1. The SMILES string of the molecule is CC1(C)OC[C@H]([C@@H](CS(=O)(=O)c2ccc(C(F)(F)c3ccc(OC(F)(F)F)cc3)cc2)N(O)C=O)O1. The number of halogens is 5. The molecule has 1 amide bonds. The van der Waals surface area contributed by atoms with Crippen LogP contribution >= 0.6 is 0 Å². The number of carbonyl (C=O) groups is 1. The van der Waals surface area contributed by atoms with E-state index in [9.17, 15) is 40.4 Å². The molecule has 0 aliphatic carbocycles. The number of hydrogen-bond donors (Lipinski definition) is 1. The summed E-state index contributed by atoms with van der Waals surface area (Å²) in [5.41, 5.74) is -1.26. The summed E-state index contributed by atoms with van der Waals surface area (Å²) in [7, 11) is -4.20. The Kier molecular flexibility index (Phi) is 7.65. The second kappa shape index (κ2) is 9.92. The molecular weight excluding hydrogens is 517 g/mol. The van der Waals surface area contributed by atoms with Crippen LogP contribution in [0.4, 0.5) is 22.0 Å². The third-order valence-corrected chi connectivity index (χ3v) is 7.09. The minimum Gasteiger partial charge on any atom is -0.406 e. The molecule has 1 heterocycles. The summed E-state index contributed by atoms with van der Waals surface area (Å²) in [5.74, 6) is -6.20. The second-order valence-electron chi connectivity index (χ2n) is 8.37. The number of benzene rings is 2. The zero-order valence-electron chi connectivity index (χ0n) is 18.9. The summed E-state index contributed by atoms with van der Waals surface area (Å²) in [5, 5.41) is 10.1. The highest BCUT2D eigenvalue weighted by molar-refractivity contribution is 7.91. The van der Waals surface area contributed by atoms with Crippen molar-refractivity contribution in [2.24, 2.45) is 0 Å². The third kappa shape index (κ3) is 6.49. The zero-order chi connectivity index (χ0) is 26.9. The van der Waals surface area contributed by atoms with Crippen LogP contribution in [0, 0.1) is 0 Å². The molecule has 0 bridgehead atoms. The first-order valence-electron chi connectivity index (χ1n) is 10.4. The van der Waals surface area contributed by atoms with E-state index >= 15 is 0 Å². The highest BCUT2D eigenvalue weighted by Gasteiger charge is 2.42. The molecule has 36 heavy (non-hydrogen) atoms. The first kappa shape index (κ1) is 27.8. The predicted molar refractivity (Wildman–Crippen MR) is 113 cm³/mol. The molecule has 2 aromatic carbocycles. The van der Waals surface area contributed by atoms with Crippen molar-refractivity contribution < 1.29 is 54.6 Å². The Morgan fingerprint density at radius 2 is 1.61 bits per heavy atom. The van der Waals surface area contributed by atoms with Crippen LogP contribution in [-0.2, 0) is 30.0 Å². The Balaban J connectivity index is 1.79. The Morgan fingerprint density at radius 3 is 2.06 bits per heavy atom. The molecule has 3 rings (SSSR count). The number of nitrogens with zero attached hydrogens (tertiary/aromatic N) is 1. The topological polar surface area (TPSA) is 102 Å². The minimum atomic E-state index is -4.98. The summed E-state index contributed by atoms with van der Waals surface area (Å²) >= 11 is 0. The quantitative estimate of drug-likeness (QED) is 0.223. The van der Waals surface area contributed by atoms with Gasteiger partial charge in [-0.25, -0.2) is 13.5 Å². The third-order valence-electron chi connectivity index (χ3n) is 5.32. The van der Waals surface area contributed by atoms with Gasteiger partial charge < -0.3 is 14.2 Å². The number of rotatable bonds is 9. The van der Waals surface area contributed by atoms with Crippen molar-refractivity contribution >= 4 is 16.2 Å². The smallest absolute Gasteiger partial charge is 0.406 e. The minimum absolute atomic E-state index is 0.0174. The fourth-order valence-corrected chi connectivity index (χ4v) is 5.12. The highest BCUT2D eigenvalue weighted by atomic mass is 32.2. The molecule has 198 valence electrons. The van der Waals surface area contributed by atoms with Gasteiger partial charge in [-0.2, -0.15) is 8.78 Å². The molecule has 0 saturated carbocycles. The Bertz CT molecular complexity index is 1170. The molecule has 8 nitrogen and oxygen atoms in total. The maximum Gasteiger partial charge on any atom is 0.573 e. The molecule has 2 aromatic rings. The van der Waals surface area contributed by atoms with Gasteiger partial charge in [0.15, 0.2) is 15.6 Å². The molecule has 0 radical (unpaired) electrons. The van der Waals surface area contributed by atoms with Gasteiger partial charge in [0.2, 0.25) is 6.41 Å². The summed E-state index contributed by atoms with van der Waals surface area (Å²) in [6, 6.07) is 5.22. The van der Waals surface area contributed by atoms with E-state index in [4.69, 9.17) is 9.47 Å². The van der Waals surface area contributed by atoms with Crippen LogP contribution in [0.25, 0.3) is 0 Å². The molecule has 0 unspecified atom stereocenters. The van der Waals surface area contributed by atoms with Gasteiger partial charge in [0.1, 0.15) is 17.9 Å². The monoisotopic (exact) mass is 539 g/mol. The van der Waals surface area contributed by atoms with E-state index in [-0.39, 0.29) is 23.0 Å². The van der Waals surface area contributed by atoms with Crippen LogP contribution in [-0.4, -0.2) is 61.8 Å². The van der Waals surface area contributed by atoms with Gasteiger partial charge >= 0.3 is 6.36 Å². The van der Waals surface area contributed by atoms with Crippen LogP contribution in [0.1, 0.15) is 25.0 Å². The lowest BCUT2D eigenvalue weighted by Gasteiger charge is -2.27. The molecule has 14 heteroatoms. The zero-order valence-corrected chi connectivity index (χ0v) is 19.7. The van der Waals surface area contributed by atoms with Gasteiger partial charge in [-0.05, 0) is 50.2 Å². The summed E-state index contributed by atoms with van der Waals surface area (Å²) in [4.78, 5) is 10.7. The number of ether oxygens (including phenoxy) is 3. The molecule has 0 spiro atoms. The largest absolute Gasteiger partial charge is 0.573 e. The van der Waals surface area contributed by atoms with Crippen molar-refractivity contribution in [2.45, 2.75) is 49.0 Å². The molecule has 1 fully saturated rings. The van der Waals surface area contributed by atoms with E-state index in [0.717, 1.165) is 48.5 Å². The Hall–Kier alpha value is -2.81. The lowest BCUT2D eigenvalue weighted by atomic mass is 10.0. The first-order chi connectivity index (χ1) is 16.5. The van der Waals surface area contributed by atoms with Crippen molar-refractivity contribution in [2.75, 3.05) is 12.4 Å². The molecule has 1 aliphatic heterocycles. The average Bonchev–Trinajstić information content (AvgIpc) is 3.15. The van der Waals surface area contributed by atoms with Crippen LogP contribution in [0.15, 0.2) is 53.4 Å². The molecule has 1 saturated heterocycles. The number of alkyl halides is 5. The van der Waals surface area contributed by atoms with Crippen molar-refractivity contribution in [1.82, 2.24) is 5.06 Å². The Morgan fingerprint density at radius 1 is 1.08 bits per heavy atom. The maximum absolute atomic E-state index is 14.9. The summed E-state index contributed by atoms with van der Waals surface area (Å²) in [6.45, 7) is 3.03. The van der Waals surface area contributed by atoms with E-state index in [2.05, 4.69) is 4.74 Å². The van der Waals surface area contributed by atoms with E-state index in [1.807, 2.05) is 0 Å².